The summed E-state index contributed by atoms with van der Waals surface area (Å²) in [4.78, 5) is 23.0. The Hall–Kier alpha value is -1.30. The molecule has 0 spiro atoms. The predicted molar refractivity (Wildman–Crippen MR) is 44.5 cm³/mol. The topological polar surface area (TPSA) is 110 Å². The number of carbonyl (C=O) groups excluding carboxylic acids is 2. The Bertz CT molecular complexity index is 255. The van der Waals surface area contributed by atoms with Gasteiger partial charge in [-0.25, -0.2) is 4.79 Å². The van der Waals surface area contributed by atoms with E-state index in [1.807, 2.05) is 0 Å². The van der Waals surface area contributed by atoms with Crippen molar-refractivity contribution in [1.29, 1.82) is 0 Å². The Morgan fingerprint density at radius 1 is 1.54 bits per heavy atom. The van der Waals surface area contributed by atoms with Crippen molar-refractivity contribution < 1.29 is 14.7 Å². The number of rotatable bonds is 1. The molecule has 0 bridgehead atoms. The van der Waals surface area contributed by atoms with Crippen LogP contribution in [0.4, 0.5) is 4.79 Å². The first-order valence-corrected chi connectivity index (χ1v) is 3.93. The maximum atomic E-state index is 11.0. The number of urea groups is 1. The van der Waals surface area contributed by atoms with Crippen LogP contribution in [-0.4, -0.2) is 40.1 Å². The summed E-state index contributed by atoms with van der Waals surface area (Å²) in [5, 5.41) is 9.28. The highest BCUT2D eigenvalue weighted by Gasteiger charge is 2.47. The van der Waals surface area contributed by atoms with Gasteiger partial charge in [-0.2, -0.15) is 0 Å². The molecule has 0 aliphatic carbocycles. The molecular weight excluding hydrogens is 174 g/mol. The van der Waals surface area contributed by atoms with E-state index in [1.165, 1.54) is 6.92 Å². The van der Waals surface area contributed by atoms with Crippen LogP contribution in [-0.2, 0) is 4.79 Å². The molecular formula is C7H13N3O3. The molecule has 0 saturated carbocycles. The maximum Gasteiger partial charge on any atom is 0.315 e. The molecule has 0 unspecified atom stereocenters. The Kier molecular flexibility index (Phi) is 2.17. The zero-order chi connectivity index (χ0) is 10.2. The number of primary amides is 2. The van der Waals surface area contributed by atoms with Gasteiger partial charge in [-0.05, 0) is 6.92 Å². The second kappa shape index (κ2) is 2.88. The Morgan fingerprint density at radius 3 is 2.38 bits per heavy atom. The number of carbonyl (C=O) groups is 2. The van der Waals surface area contributed by atoms with Gasteiger partial charge < -0.3 is 21.5 Å². The lowest BCUT2D eigenvalue weighted by Gasteiger charge is -2.29. The van der Waals surface area contributed by atoms with Crippen molar-refractivity contribution >= 4 is 11.9 Å². The van der Waals surface area contributed by atoms with Gasteiger partial charge in [0.1, 0.15) is 5.54 Å². The molecule has 6 nitrogen and oxygen atoms in total. The van der Waals surface area contributed by atoms with Crippen LogP contribution in [0.5, 0.6) is 0 Å². The van der Waals surface area contributed by atoms with Crippen LogP contribution in [0, 0.1) is 0 Å². The number of nitrogens with zero attached hydrogens (tertiary/aromatic N) is 1. The average Bonchev–Trinajstić information content (AvgIpc) is 2.27. The van der Waals surface area contributed by atoms with E-state index in [2.05, 4.69) is 0 Å². The van der Waals surface area contributed by atoms with E-state index in [4.69, 9.17) is 11.5 Å². The molecule has 1 aliphatic heterocycles. The van der Waals surface area contributed by atoms with E-state index in [1.54, 1.807) is 0 Å². The van der Waals surface area contributed by atoms with Crippen LogP contribution < -0.4 is 11.5 Å². The van der Waals surface area contributed by atoms with Crippen LogP contribution >= 0.6 is 0 Å². The zero-order valence-electron chi connectivity index (χ0n) is 7.36. The van der Waals surface area contributed by atoms with Gasteiger partial charge >= 0.3 is 6.03 Å². The van der Waals surface area contributed by atoms with Gasteiger partial charge in [0.15, 0.2) is 0 Å². The van der Waals surface area contributed by atoms with Gasteiger partial charge in [-0.15, -0.1) is 0 Å². The summed E-state index contributed by atoms with van der Waals surface area (Å²) in [5.41, 5.74) is 9.02. The third kappa shape index (κ3) is 1.44. The third-order valence-electron chi connectivity index (χ3n) is 2.42. The summed E-state index contributed by atoms with van der Waals surface area (Å²) in [6.45, 7) is 1.56. The second-order valence-corrected chi connectivity index (χ2v) is 3.44. The van der Waals surface area contributed by atoms with E-state index in [-0.39, 0.29) is 13.0 Å². The standard InChI is InChI=1S/C7H13N3O3/c1-7(5(8)12)2-4(11)3-10(7)6(9)13/h4,11H,2-3H2,1H3,(H2,8,12)(H2,9,13)/t4-,7-/m1/s1. The Balaban J connectivity index is 2.95. The molecule has 1 rings (SSSR count). The first kappa shape index (κ1) is 9.79. The van der Waals surface area contributed by atoms with E-state index >= 15 is 0 Å². The highest BCUT2D eigenvalue weighted by Crippen LogP contribution is 2.28. The highest BCUT2D eigenvalue weighted by atomic mass is 16.3. The predicted octanol–water partition coefficient (Wildman–Crippen LogP) is -1.62. The number of aliphatic hydroxyl groups excluding tert-OH is 1. The van der Waals surface area contributed by atoms with Crippen LogP contribution in [0.15, 0.2) is 0 Å². The van der Waals surface area contributed by atoms with Gasteiger partial charge in [-0.3, -0.25) is 4.79 Å². The lowest BCUT2D eigenvalue weighted by atomic mass is 9.98. The van der Waals surface area contributed by atoms with Gasteiger partial charge in [0.2, 0.25) is 5.91 Å². The number of amides is 3. The monoisotopic (exact) mass is 187 g/mol. The van der Waals surface area contributed by atoms with Crippen LogP contribution in [0.25, 0.3) is 0 Å². The fourth-order valence-electron chi connectivity index (χ4n) is 1.61. The summed E-state index contributed by atoms with van der Waals surface area (Å²) in [5.74, 6) is -0.650. The molecule has 0 aromatic rings. The molecule has 5 N–H and O–H groups in total. The number of nitrogens with two attached hydrogens (primary N) is 2. The van der Waals surface area contributed by atoms with Gasteiger partial charge in [0.05, 0.1) is 6.10 Å². The van der Waals surface area contributed by atoms with Crippen molar-refractivity contribution in [3.05, 3.63) is 0 Å². The zero-order valence-corrected chi connectivity index (χ0v) is 7.36. The van der Waals surface area contributed by atoms with E-state index in [0.717, 1.165) is 4.90 Å². The van der Waals surface area contributed by atoms with E-state index in [0.29, 0.717) is 0 Å². The van der Waals surface area contributed by atoms with Crippen molar-refractivity contribution in [2.45, 2.75) is 25.0 Å². The summed E-state index contributed by atoms with van der Waals surface area (Å²) in [6.07, 6.45) is -0.587. The quantitative estimate of drug-likeness (QED) is 0.458. The van der Waals surface area contributed by atoms with E-state index < -0.39 is 23.6 Å². The van der Waals surface area contributed by atoms with Crippen molar-refractivity contribution in [2.24, 2.45) is 11.5 Å². The van der Waals surface area contributed by atoms with Crippen LogP contribution in [0.2, 0.25) is 0 Å². The van der Waals surface area contributed by atoms with Crippen LogP contribution in [0.3, 0.4) is 0 Å². The molecule has 3 amide bonds. The van der Waals surface area contributed by atoms with Crippen molar-refractivity contribution in [1.82, 2.24) is 4.90 Å². The number of β-amino-alcohol motifs (C(OH)–C–C–N with tert-alkyl or cyclic N) is 1. The molecule has 74 valence electrons. The first-order chi connectivity index (χ1) is 5.88. The smallest absolute Gasteiger partial charge is 0.315 e. The Morgan fingerprint density at radius 2 is 2.08 bits per heavy atom. The van der Waals surface area contributed by atoms with Crippen LogP contribution in [0.1, 0.15) is 13.3 Å². The summed E-state index contributed by atoms with van der Waals surface area (Å²) in [7, 11) is 0. The number of hydrogen-bond donors (Lipinski definition) is 3. The number of aliphatic hydroxyl groups is 1. The lowest BCUT2D eigenvalue weighted by Crippen LogP contribution is -2.55. The normalized spacial score (nSPS) is 33.4. The van der Waals surface area contributed by atoms with Gasteiger partial charge in [-0.1, -0.05) is 0 Å². The summed E-state index contributed by atoms with van der Waals surface area (Å²) < 4.78 is 0. The number of hydrogen-bond acceptors (Lipinski definition) is 3. The average molecular weight is 187 g/mol. The van der Waals surface area contributed by atoms with Gasteiger partial charge in [0, 0.05) is 13.0 Å². The fraction of sp³-hybridized carbons (Fsp3) is 0.714. The molecule has 2 atom stereocenters. The van der Waals surface area contributed by atoms with E-state index in [9.17, 15) is 14.7 Å². The Labute approximate surface area is 75.5 Å². The molecule has 0 radical (unpaired) electrons. The molecule has 6 heteroatoms. The molecule has 1 aliphatic rings. The SMILES string of the molecule is C[C@]1(C(N)=O)C[C@@H](O)CN1C(N)=O. The summed E-state index contributed by atoms with van der Waals surface area (Å²) in [6, 6.07) is -0.738. The molecule has 1 saturated heterocycles. The van der Waals surface area contributed by atoms with Crippen molar-refractivity contribution in [2.75, 3.05) is 6.54 Å². The first-order valence-electron chi connectivity index (χ1n) is 3.93. The fourth-order valence-corrected chi connectivity index (χ4v) is 1.61. The minimum absolute atomic E-state index is 0.0643. The highest BCUT2D eigenvalue weighted by molar-refractivity contribution is 5.89. The van der Waals surface area contributed by atoms with Gasteiger partial charge in [0.25, 0.3) is 0 Å². The minimum atomic E-state index is -1.15. The van der Waals surface area contributed by atoms with Crippen molar-refractivity contribution in [3.63, 3.8) is 0 Å². The second-order valence-electron chi connectivity index (χ2n) is 3.44. The molecule has 0 aromatic heterocycles. The molecule has 0 aromatic carbocycles. The lowest BCUT2D eigenvalue weighted by molar-refractivity contribution is -0.126. The third-order valence-corrected chi connectivity index (χ3v) is 2.42. The molecule has 1 fully saturated rings. The maximum absolute atomic E-state index is 11.0. The molecule has 1 heterocycles. The number of likely N-dealkylation sites (tertiary alicyclic amines) is 1. The molecule has 13 heavy (non-hydrogen) atoms. The summed E-state index contributed by atoms with van der Waals surface area (Å²) >= 11 is 0. The minimum Gasteiger partial charge on any atom is -0.391 e. The largest absolute Gasteiger partial charge is 0.391 e. The van der Waals surface area contributed by atoms with Crippen molar-refractivity contribution in [3.8, 4) is 0 Å².